The number of carbonyl (C=O) groups excluding carboxylic acids is 1. The monoisotopic (exact) mass is 279 g/mol. The normalized spacial score (nSPS) is 20.8. The first-order valence-electron chi connectivity index (χ1n) is 6.18. The van der Waals surface area contributed by atoms with Gasteiger partial charge in [-0.1, -0.05) is 0 Å². The minimum atomic E-state index is -1.07. The van der Waals surface area contributed by atoms with Gasteiger partial charge < -0.3 is 24.2 Å². The second-order valence-corrected chi connectivity index (χ2v) is 4.50. The van der Waals surface area contributed by atoms with Gasteiger partial charge in [0.15, 0.2) is 17.5 Å². The van der Waals surface area contributed by atoms with E-state index in [1.54, 1.807) is 18.2 Å². The first kappa shape index (κ1) is 12.7. The molecular weight excluding hydrogens is 266 g/mol. The zero-order valence-corrected chi connectivity index (χ0v) is 10.6. The summed E-state index contributed by atoms with van der Waals surface area (Å²) >= 11 is 0. The molecule has 1 saturated heterocycles. The maximum Gasteiger partial charge on any atom is 0.328 e. The highest BCUT2D eigenvalue weighted by Crippen LogP contribution is 2.33. The van der Waals surface area contributed by atoms with E-state index in [2.05, 4.69) is 0 Å². The van der Waals surface area contributed by atoms with E-state index in [-0.39, 0.29) is 25.9 Å². The predicted molar refractivity (Wildman–Crippen MR) is 65.8 cm³/mol. The summed E-state index contributed by atoms with van der Waals surface area (Å²) in [5, 5.41) is 9.14. The second-order valence-electron chi connectivity index (χ2n) is 4.50. The van der Waals surface area contributed by atoms with Gasteiger partial charge in [-0.15, -0.1) is 0 Å². The molecule has 7 heteroatoms. The van der Waals surface area contributed by atoms with Gasteiger partial charge in [0.25, 0.3) is 5.91 Å². The van der Waals surface area contributed by atoms with Gasteiger partial charge in [-0.2, -0.15) is 0 Å². The maximum absolute atomic E-state index is 12.4. The SMILES string of the molecule is O=C(O)[C@H]1COCCN1C(=O)c1ccc2c(c1)OCO2. The second kappa shape index (κ2) is 5.01. The number of carbonyl (C=O) groups is 2. The van der Waals surface area contributed by atoms with Gasteiger partial charge in [0.05, 0.1) is 13.2 Å². The van der Waals surface area contributed by atoms with Crippen LogP contribution in [0.4, 0.5) is 0 Å². The summed E-state index contributed by atoms with van der Waals surface area (Å²) in [6.07, 6.45) is 0. The lowest BCUT2D eigenvalue weighted by molar-refractivity contribution is -0.147. The minimum Gasteiger partial charge on any atom is -0.480 e. The molecule has 0 unspecified atom stereocenters. The molecule has 1 aromatic carbocycles. The number of morpholine rings is 1. The van der Waals surface area contributed by atoms with Gasteiger partial charge >= 0.3 is 5.97 Å². The molecule has 0 bridgehead atoms. The molecule has 1 N–H and O–H groups in total. The van der Waals surface area contributed by atoms with Gasteiger partial charge in [-0.3, -0.25) is 4.79 Å². The van der Waals surface area contributed by atoms with Crippen molar-refractivity contribution in [2.75, 3.05) is 26.6 Å². The molecule has 7 nitrogen and oxygen atoms in total. The highest BCUT2D eigenvalue weighted by molar-refractivity contribution is 5.97. The van der Waals surface area contributed by atoms with Crippen LogP contribution in [0.15, 0.2) is 18.2 Å². The van der Waals surface area contributed by atoms with E-state index in [0.29, 0.717) is 23.7 Å². The van der Waals surface area contributed by atoms with E-state index < -0.39 is 12.0 Å². The molecule has 1 fully saturated rings. The Morgan fingerprint density at radius 2 is 2.05 bits per heavy atom. The summed E-state index contributed by atoms with van der Waals surface area (Å²) in [6.45, 7) is 0.720. The third-order valence-electron chi connectivity index (χ3n) is 3.29. The standard InChI is InChI=1S/C13H13NO6/c15-12(14-3-4-18-6-9(14)13(16)17)8-1-2-10-11(5-8)20-7-19-10/h1-2,5,9H,3-4,6-7H2,(H,16,17)/t9-/m1/s1. The van der Waals surface area contributed by atoms with Crippen LogP contribution in [0.2, 0.25) is 0 Å². The van der Waals surface area contributed by atoms with Crippen molar-refractivity contribution in [3.8, 4) is 11.5 Å². The first-order valence-corrected chi connectivity index (χ1v) is 6.18. The van der Waals surface area contributed by atoms with Crippen molar-refractivity contribution in [2.24, 2.45) is 0 Å². The summed E-state index contributed by atoms with van der Waals surface area (Å²) in [5.41, 5.74) is 0.377. The summed E-state index contributed by atoms with van der Waals surface area (Å²) in [7, 11) is 0. The lowest BCUT2D eigenvalue weighted by Crippen LogP contribution is -2.52. The third-order valence-corrected chi connectivity index (χ3v) is 3.29. The summed E-state index contributed by atoms with van der Waals surface area (Å²) in [4.78, 5) is 24.9. The number of amides is 1. The number of nitrogens with zero attached hydrogens (tertiary/aromatic N) is 1. The van der Waals surface area contributed by atoms with Crippen molar-refractivity contribution in [3.63, 3.8) is 0 Å². The minimum absolute atomic E-state index is 0.00558. The zero-order chi connectivity index (χ0) is 14.1. The Hall–Kier alpha value is -2.28. The molecule has 2 aliphatic heterocycles. The molecule has 2 aliphatic rings. The number of ether oxygens (including phenoxy) is 3. The first-order chi connectivity index (χ1) is 9.66. The summed E-state index contributed by atoms with van der Waals surface area (Å²) in [6, 6.07) is 3.86. The van der Waals surface area contributed by atoms with E-state index in [1.165, 1.54) is 4.90 Å². The Balaban J connectivity index is 1.85. The van der Waals surface area contributed by atoms with E-state index in [0.717, 1.165) is 0 Å². The molecule has 1 aromatic rings. The van der Waals surface area contributed by atoms with Crippen LogP contribution in [0.1, 0.15) is 10.4 Å². The molecule has 2 heterocycles. The van der Waals surface area contributed by atoms with Crippen molar-refractivity contribution in [2.45, 2.75) is 6.04 Å². The molecule has 0 aliphatic carbocycles. The van der Waals surface area contributed by atoms with Crippen molar-refractivity contribution < 1.29 is 28.9 Å². The molecule has 0 spiro atoms. The lowest BCUT2D eigenvalue weighted by atomic mass is 10.1. The molecule has 0 radical (unpaired) electrons. The van der Waals surface area contributed by atoms with E-state index in [4.69, 9.17) is 19.3 Å². The molecule has 106 valence electrons. The summed E-state index contributed by atoms with van der Waals surface area (Å²) in [5.74, 6) is -0.341. The van der Waals surface area contributed by atoms with Crippen LogP contribution in [0, 0.1) is 0 Å². The molecule has 0 saturated carbocycles. The number of carboxylic acids is 1. The Morgan fingerprint density at radius 1 is 1.25 bits per heavy atom. The number of benzene rings is 1. The number of aliphatic carboxylic acids is 1. The summed E-state index contributed by atoms with van der Waals surface area (Å²) < 4.78 is 15.5. The average molecular weight is 279 g/mol. The molecule has 20 heavy (non-hydrogen) atoms. The molecular formula is C13H13NO6. The van der Waals surface area contributed by atoms with Gasteiger partial charge in [0, 0.05) is 12.1 Å². The Kier molecular flexibility index (Phi) is 3.19. The maximum atomic E-state index is 12.4. The van der Waals surface area contributed by atoms with Gasteiger partial charge in [-0.05, 0) is 18.2 Å². The Bertz CT molecular complexity index is 558. The van der Waals surface area contributed by atoms with Crippen LogP contribution in [-0.4, -0.2) is 54.5 Å². The number of rotatable bonds is 2. The van der Waals surface area contributed by atoms with E-state index >= 15 is 0 Å². The van der Waals surface area contributed by atoms with Crippen LogP contribution < -0.4 is 9.47 Å². The van der Waals surface area contributed by atoms with E-state index in [1.807, 2.05) is 0 Å². The van der Waals surface area contributed by atoms with Crippen molar-refractivity contribution in [1.29, 1.82) is 0 Å². The Morgan fingerprint density at radius 3 is 2.85 bits per heavy atom. The largest absolute Gasteiger partial charge is 0.480 e. The topological polar surface area (TPSA) is 85.3 Å². The Labute approximate surface area is 114 Å². The fraction of sp³-hybridized carbons (Fsp3) is 0.385. The lowest BCUT2D eigenvalue weighted by Gasteiger charge is -2.32. The van der Waals surface area contributed by atoms with Gasteiger partial charge in [-0.25, -0.2) is 4.79 Å². The quantitative estimate of drug-likeness (QED) is 0.840. The fourth-order valence-electron chi connectivity index (χ4n) is 2.25. The van der Waals surface area contributed by atoms with Crippen molar-refractivity contribution in [1.82, 2.24) is 4.90 Å². The highest BCUT2D eigenvalue weighted by Gasteiger charge is 2.33. The van der Waals surface area contributed by atoms with Crippen LogP contribution in [-0.2, 0) is 9.53 Å². The molecule has 3 rings (SSSR count). The van der Waals surface area contributed by atoms with Crippen molar-refractivity contribution in [3.05, 3.63) is 23.8 Å². The molecule has 1 atom stereocenters. The van der Waals surface area contributed by atoms with Crippen LogP contribution in [0.5, 0.6) is 11.5 Å². The van der Waals surface area contributed by atoms with Gasteiger partial charge in [0.1, 0.15) is 0 Å². The van der Waals surface area contributed by atoms with Crippen molar-refractivity contribution >= 4 is 11.9 Å². The highest BCUT2D eigenvalue weighted by atomic mass is 16.7. The molecule has 1 amide bonds. The number of hydrogen-bond donors (Lipinski definition) is 1. The molecule has 0 aromatic heterocycles. The van der Waals surface area contributed by atoms with Crippen LogP contribution >= 0.6 is 0 Å². The van der Waals surface area contributed by atoms with Crippen LogP contribution in [0.25, 0.3) is 0 Å². The number of fused-ring (bicyclic) bond motifs is 1. The average Bonchev–Trinajstić information content (AvgIpc) is 2.93. The third kappa shape index (κ3) is 2.16. The smallest absolute Gasteiger partial charge is 0.328 e. The van der Waals surface area contributed by atoms with Gasteiger partial charge in [0.2, 0.25) is 6.79 Å². The fourth-order valence-corrected chi connectivity index (χ4v) is 2.25. The number of carboxylic acid groups (broad SMARTS) is 1. The van der Waals surface area contributed by atoms with E-state index in [9.17, 15) is 9.59 Å². The predicted octanol–water partition coefficient (Wildman–Crippen LogP) is 0.341. The van der Waals surface area contributed by atoms with Crippen LogP contribution in [0.3, 0.4) is 0 Å². The zero-order valence-electron chi connectivity index (χ0n) is 10.6. The number of hydrogen-bond acceptors (Lipinski definition) is 5.